The van der Waals surface area contributed by atoms with Crippen LogP contribution in [0.15, 0.2) is 48.8 Å². The summed E-state index contributed by atoms with van der Waals surface area (Å²) in [7, 11) is 0. The molecule has 1 heterocycles. The molecule has 0 spiro atoms. The number of halogens is 1. The van der Waals surface area contributed by atoms with Crippen LogP contribution in [0, 0.1) is 0 Å². The summed E-state index contributed by atoms with van der Waals surface area (Å²) in [4.78, 5) is 16.8. The predicted molar refractivity (Wildman–Crippen MR) is 108 cm³/mol. The number of ether oxygens (including phenoxy) is 1. The van der Waals surface area contributed by atoms with E-state index in [0.29, 0.717) is 16.5 Å². The van der Waals surface area contributed by atoms with Crippen LogP contribution >= 0.6 is 11.6 Å². The zero-order chi connectivity index (χ0) is 19.5. The van der Waals surface area contributed by atoms with Crippen LogP contribution in [0.4, 0.5) is 0 Å². The van der Waals surface area contributed by atoms with Crippen LogP contribution in [0.5, 0.6) is 11.5 Å². The molecule has 1 aliphatic carbocycles. The fourth-order valence-electron chi connectivity index (χ4n) is 3.55. The Morgan fingerprint density at radius 1 is 1.18 bits per heavy atom. The Morgan fingerprint density at radius 3 is 2.71 bits per heavy atom. The second-order valence-electron chi connectivity index (χ2n) is 7.10. The number of hydrogen-bond acceptors (Lipinski definition) is 4. The molecule has 0 bridgehead atoms. The second-order valence-corrected chi connectivity index (χ2v) is 7.54. The molecular formula is C21H22ClN3O3. The Bertz CT molecular complexity index is 971. The van der Waals surface area contributed by atoms with Crippen molar-refractivity contribution in [3.05, 3.63) is 53.8 Å². The maximum Gasteiger partial charge on any atom is 0.240 e. The third kappa shape index (κ3) is 4.29. The van der Waals surface area contributed by atoms with E-state index >= 15 is 0 Å². The highest BCUT2D eigenvalue weighted by Crippen LogP contribution is 2.26. The second kappa shape index (κ2) is 8.20. The minimum atomic E-state index is -0.461. The van der Waals surface area contributed by atoms with Crippen LogP contribution in [0.3, 0.4) is 0 Å². The highest BCUT2D eigenvalue weighted by Gasteiger charge is 2.24. The van der Waals surface area contributed by atoms with E-state index in [2.05, 4.69) is 10.3 Å². The summed E-state index contributed by atoms with van der Waals surface area (Å²) in [6.07, 6.45) is 4.78. The zero-order valence-corrected chi connectivity index (χ0v) is 16.1. The molecule has 28 heavy (non-hydrogen) atoms. The molecule has 2 aromatic carbocycles. The molecular weight excluding hydrogens is 378 g/mol. The van der Waals surface area contributed by atoms with Crippen LogP contribution in [-0.4, -0.2) is 32.7 Å². The van der Waals surface area contributed by atoms with E-state index in [0.717, 1.165) is 36.7 Å². The first-order valence-corrected chi connectivity index (χ1v) is 9.82. The topological polar surface area (TPSA) is 76.4 Å². The molecule has 0 aliphatic heterocycles. The summed E-state index contributed by atoms with van der Waals surface area (Å²) < 4.78 is 7.66. The third-order valence-corrected chi connectivity index (χ3v) is 5.28. The zero-order valence-electron chi connectivity index (χ0n) is 15.3. The van der Waals surface area contributed by atoms with Gasteiger partial charge in [-0.15, -0.1) is 0 Å². The maximum absolute atomic E-state index is 12.5. The van der Waals surface area contributed by atoms with Gasteiger partial charge in [-0.3, -0.25) is 4.79 Å². The van der Waals surface area contributed by atoms with Gasteiger partial charge >= 0.3 is 0 Å². The summed E-state index contributed by atoms with van der Waals surface area (Å²) in [5, 5.41) is 13.6. The van der Waals surface area contributed by atoms with Gasteiger partial charge in [0.2, 0.25) is 5.91 Å². The number of benzene rings is 2. The van der Waals surface area contributed by atoms with E-state index in [9.17, 15) is 9.90 Å². The Balaban J connectivity index is 1.48. The molecule has 146 valence electrons. The summed E-state index contributed by atoms with van der Waals surface area (Å²) in [5.41, 5.74) is 1.60. The summed E-state index contributed by atoms with van der Waals surface area (Å²) in [5.74, 6) is 1.20. The number of hydrogen-bond donors (Lipinski definition) is 2. The van der Waals surface area contributed by atoms with Crippen molar-refractivity contribution in [1.82, 2.24) is 14.9 Å². The van der Waals surface area contributed by atoms with Gasteiger partial charge in [-0.2, -0.15) is 0 Å². The van der Waals surface area contributed by atoms with E-state index in [4.69, 9.17) is 16.3 Å². The first-order chi connectivity index (χ1) is 13.6. The first-order valence-electron chi connectivity index (χ1n) is 9.44. The first kappa shape index (κ1) is 18.8. The average molecular weight is 400 g/mol. The molecule has 4 rings (SSSR count). The largest absolute Gasteiger partial charge is 0.457 e. The lowest BCUT2D eigenvalue weighted by atomic mass is 9.92. The number of aliphatic hydroxyl groups is 1. The summed E-state index contributed by atoms with van der Waals surface area (Å²) in [6, 6.07) is 12.5. The van der Waals surface area contributed by atoms with Gasteiger partial charge in [0.1, 0.15) is 18.0 Å². The molecule has 1 fully saturated rings. The molecule has 2 unspecified atom stereocenters. The van der Waals surface area contributed by atoms with Crippen molar-refractivity contribution >= 4 is 28.5 Å². The van der Waals surface area contributed by atoms with Crippen molar-refractivity contribution in [2.45, 2.75) is 44.4 Å². The number of imidazole rings is 1. The minimum absolute atomic E-state index is 0.130. The fourth-order valence-corrected chi connectivity index (χ4v) is 3.68. The smallest absolute Gasteiger partial charge is 0.240 e. The number of carbonyl (C=O) groups is 1. The lowest BCUT2D eigenvalue weighted by Crippen LogP contribution is -2.46. The van der Waals surface area contributed by atoms with Gasteiger partial charge in [-0.05, 0) is 49.2 Å². The molecule has 0 radical (unpaired) electrons. The van der Waals surface area contributed by atoms with Crippen molar-refractivity contribution in [3.8, 4) is 11.5 Å². The van der Waals surface area contributed by atoms with Crippen LogP contribution in [0.25, 0.3) is 11.0 Å². The lowest BCUT2D eigenvalue weighted by Gasteiger charge is -2.28. The van der Waals surface area contributed by atoms with Gasteiger partial charge < -0.3 is 19.7 Å². The van der Waals surface area contributed by atoms with Crippen molar-refractivity contribution in [2.75, 3.05) is 0 Å². The number of aromatic nitrogens is 2. The Labute approximate surface area is 168 Å². The summed E-state index contributed by atoms with van der Waals surface area (Å²) in [6.45, 7) is 0.143. The number of aliphatic hydroxyl groups excluding tert-OH is 1. The van der Waals surface area contributed by atoms with Gasteiger partial charge in [0.15, 0.2) is 0 Å². The van der Waals surface area contributed by atoms with Crippen molar-refractivity contribution in [3.63, 3.8) is 0 Å². The number of fused-ring (bicyclic) bond motifs is 1. The number of nitrogens with zero attached hydrogens (tertiary/aromatic N) is 2. The SMILES string of the molecule is O=C(Cn1cnc2ccc(Oc3ccc(Cl)cc3)cc21)NC1CCCCC1O. The molecule has 1 amide bonds. The predicted octanol–water partition coefficient (Wildman–Crippen LogP) is 3.90. The van der Waals surface area contributed by atoms with Gasteiger partial charge in [0.25, 0.3) is 0 Å². The maximum atomic E-state index is 12.5. The average Bonchev–Trinajstić information content (AvgIpc) is 3.07. The number of amides is 1. The van der Waals surface area contributed by atoms with Gasteiger partial charge in [-0.25, -0.2) is 4.98 Å². The van der Waals surface area contributed by atoms with E-state index in [1.54, 1.807) is 35.2 Å². The van der Waals surface area contributed by atoms with E-state index in [1.807, 2.05) is 18.2 Å². The molecule has 7 heteroatoms. The molecule has 0 saturated heterocycles. The molecule has 2 N–H and O–H groups in total. The van der Waals surface area contributed by atoms with Crippen LogP contribution in [-0.2, 0) is 11.3 Å². The monoisotopic (exact) mass is 399 g/mol. The van der Waals surface area contributed by atoms with Crippen molar-refractivity contribution in [1.29, 1.82) is 0 Å². The molecule has 6 nitrogen and oxygen atoms in total. The number of nitrogens with one attached hydrogen (secondary N) is 1. The van der Waals surface area contributed by atoms with E-state index < -0.39 is 6.10 Å². The van der Waals surface area contributed by atoms with E-state index in [1.165, 1.54) is 0 Å². The molecule has 2 atom stereocenters. The van der Waals surface area contributed by atoms with Crippen LogP contribution < -0.4 is 10.1 Å². The van der Waals surface area contributed by atoms with Crippen LogP contribution in [0.1, 0.15) is 25.7 Å². The molecule has 3 aromatic rings. The van der Waals surface area contributed by atoms with Crippen LogP contribution in [0.2, 0.25) is 5.02 Å². The van der Waals surface area contributed by atoms with Crippen molar-refractivity contribution in [2.24, 2.45) is 0 Å². The Morgan fingerprint density at radius 2 is 1.93 bits per heavy atom. The molecule has 1 saturated carbocycles. The fraction of sp³-hybridized carbons (Fsp3) is 0.333. The molecule has 1 aromatic heterocycles. The summed E-state index contributed by atoms with van der Waals surface area (Å²) >= 11 is 5.91. The van der Waals surface area contributed by atoms with Gasteiger partial charge in [0, 0.05) is 11.1 Å². The van der Waals surface area contributed by atoms with Gasteiger partial charge in [0.05, 0.1) is 29.5 Å². The highest BCUT2D eigenvalue weighted by molar-refractivity contribution is 6.30. The van der Waals surface area contributed by atoms with Crippen molar-refractivity contribution < 1.29 is 14.6 Å². The standard InChI is InChI=1S/C21H22ClN3O3/c22-14-5-7-15(8-6-14)28-16-9-10-17-19(11-16)25(13-23-17)12-21(27)24-18-3-1-2-4-20(18)26/h5-11,13,18,20,26H,1-4,12H2,(H,24,27). The van der Waals surface area contributed by atoms with Gasteiger partial charge in [-0.1, -0.05) is 24.4 Å². The quantitative estimate of drug-likeness (QED) is 0.682. The Hall–Kier alpha value is -2.57. The highest BCUT2D eigenvalue weighted by atomic mass is 35.5. The number of carbonyl (C=O) groups excluding carboxylic acids is 1. The van der Waals surface area contributed by atoms with E-state index in [-0.39, 0.29) is 18.5 Å². The lowest BCUT2D eigenvalue weighted by molar-refractivity contribution is -0.123. The Kier molecular flexibility index (Phi) is 5.50. The molecule has 1 aliphatic rings. The third-order valence-electron chi connectivity index (χ3n) is 5.03. The number of rotatable bonds is 5. The normalized spacial score (nSPS) is 19.5. The minimum Gasteiger partial charge on any atom is -0.457 e.